The molecule has 360 valence electrons. The highest BCUT2D eigenvalue weighted by atomic mass is 16.6. The number of carbonyl (C=O) groups excluding carboxylic acids is 3. The van der Waals surface area contributed by atoms with Crippen LogP contribution in [-0.4, -0.2) is 37.2 Å². The smallest absolute Gasteiger partial charge is 0.306 e. The summed E-state index contributed by atoms with van der Waals surface area (Å²) in [4.78, 5) is 38.0. The Hall–Kier alpha value is -3.41. The molecule has 0 aromatic rings. The van der Waals surface area contributed by atoms with Gasteiger partial charge in [-0.2, -0.15) is 0 Å². The van der Waals surface area contributed by atoms with Gasteiger partial charge in [0.25, 0.3) is 0 Å². The second-order valence-corrected chi connectivity index (χ2v) is 17.2. The van der Waals surface area contributed by atoms with Crippen molar-refractivity contribution < 1.29 is 28.6 Å². The van der Waals surface area contributed by atoms with E-state index in [1.54, 1.807) is 0 Å². The molecule has 1 unspecified atom stereocenters. The predicted octanol–water partition coefficient (Wildman–Crippen LogP) is 17.2. The number of hydrogen-bond acceptors (Lipinski definition) is 6. The van der Waals surface area contributed by atoms with Crippen molar-refractivity contribution in [1.29, 1.82) is 0 Å². The van der Waals surface area contributed by atoms with Gasteiger partial charge in [-0.05, 0) is 64.2 Å². The maximum Gasteiger partial charge on any atom is 0.306 e. The van der Waals surface area contributed by atoms with Crippen LogP contribution in [0.15, 0.2) is 85.1 Å². The minimum atomic E-state index is -0.799. The SMILES string of the molecule is CC\C=C/C=C\C=C/C=C\CCCCCC(=O)OCC(COC(=O)CCCCCCC\C=C/C=C\C=C/CCCCCCC)OC(=O)CCCCCCCCCCCCCCCC. The van der Waals surface area contributed by atoms with Gasteiger partial charge in [-0.15, -0.1) is 0 Å². The Morgan fingerprint density at radius 2 is 0.619 bits per heavy atom. The van der Waals surface area contributed by atoms with Gasteiger partial charge in [0.15, 0.2) is 6.10 Å². The molecule has 0 amide bonds. The lowest BCUT2D eigenvalue weighted by Crippen LogP contribution is -2.30. The van der Waals surface area contributed by atoms with Gasteiger partial charge in [0.2, 0.25) is 0 Å². The molecule has 63 heavy (non-hydrogen) atoms. The Labute approximate surface area is 388 Å². The van der Waals surface area contributed by atoms with Gasteiger partial charge in [-0.3, -0.25) is 14.4 Å². The molecular weight excluding hydrogens is 781 g/mol. The van der Waals surface area contributed by atoms with Crippen molar-refractivity contribution in [3.8, 4) is 0 Å². The Morgan fingerprint density at radius 3 is 0.984 bits per heavy atom. The standard InChI is InChI=1S/C57H96O6/c1-4-7-10-13-16-19-22-25-27-28-29-30-33-35-38-41-44-47-50-56(59)62-53-54(52-61-55(58)49-46-43-40-37-34-31-24-21-18-15-12-9-6-3)63-57(60)51-48-45-42-39-36-32-26-23-20-17-14-11-8-5-2/h9,12,15,18,21-22,24-25,27-31,34,54H,4-8,10-11,13-14,16-17,19-20,23,26,32-33,35-53H2,1-3H3/b12-9-,18-15-,24-21-,25-22-,28-27-,30-29-,34-31-. The van der Waals surface area contributed by atoms with E-state index in [-0.39, 0.29) is 31.1 Å². The first-order valence-corrected chi connectivity index (χ1v) is 26.2. The number of esters is 3. The molecule has 0 aromatic carbocycles. The number of hydrogen-bond donors (Lipinski definition) is 0. The van der Waals surface area contributed by atoms with Gasteiger partial charge < -0.3 is 14.2 Å². The zero-order valence-electron chi connectivity index (χ0n) is 41.1. The lowest BCUT2D eigenvalue weighted by molar-refractivity contribution is -0.167. The fraction of sp³-hybridized carbons (Fsp3) is 0.702. The summed E-state index contributed by atoms with van der Waals surface area (Å²) in [6.07, 6.45) is 65.6. The minimum absolute atomic E-state index is 0.0990. The fourth-order valence-corrected chi connectivity index (χ4v) is 7.10. The molecule has 6 nitrogen and oxygen atoms in total. The normalized spacial score (nSPS) is 12.7. The Morgan fingerprint density at radius 1 is 0.333 bits per heavy atom. The molecule has 0 bridgehead atoms. The summed E-state index contributed by atoms with van der Waals surface area (Å²) >= 11 is 0. The molecule has 0 aliphatic rings. The van der Waals surface area contributed by atoms with E-state index < -0.39 is 6.10 Å². The fourth-order valence-electron chi connectivity index (χ4n) is 7.10. The Bertz CT molecular complexity index is 1240. The summed E-state index contributed by atoms with van der Waals surface area (Å²) in [6.45, 7) is 6.43. The van der Waals surface area contributed by atoms with Crippen molar-refractivity contribution in [2.45, 2.75) is 245 Å². The molecule has 0 saturated heterocycles. The third kappa shape index (κ3) is 49.5. The van der Waals surface area contributed by atoms with Crippen LogP contribution in [0.3, 0.4) is 0 Å². The van der Waals surface area contributed by atoms with E-state index in [2.05, 4.69) is 69.4 Å². The lowest BCUT2D eigenvalue weighted by Gasteiger charge is -2.18. The molecule has 0 aliphatic heterocycles. The highest BCUT2D eigenvalue weighted by Gasteiger charge is 2.19. The van der Waals surface area contributed by atoms with Crippen LogP contribution in [0, 0.1) is 0 Å². The van der Waals surface area contributed by atoms with E-state index in [1.165, 1.54) is 103 Å². The minimum Gasteiger partial charge on any atom is -0.462 e. The van der Waals surface area contributed by atoms with Crippen molar-refractivity contribution in [3.05, 3.63) is 85.1 Å². The van der Waals surface area contributed by atoms with Crippen molar-refractivity contribution >= 4 is 17.9 Å². The predicted molar refractivity (Wildman–Crippen MR) is 270 cm³/mol. The number of rotatable bonds is 46. The first-order chi connectivity index (χ1) is 31.0. The topological polar surface area (TPSA) is 78.9 Å². The summed E-state index contributed by atoms with van der Waals surface area (Å²) in [6, 6.07) is 0. The van der Waals surface area contributed by atoms with Crippen LogP contribution in [0.2, 0.25) is 0 Å². The van der Waals surface area contributed by atoms with E-state index in [0.29, 0.717) is 19.3 Å². The third-order valence-electron chi connectivity index (χ3n) is 11.0. The van der Waals surface area contributed by atoms with Crippen LogP contribution < -0.4 is 0 Å². The van der Waals surface area contributed by atoms with Gasteiger partial charge in [-0.1, -0.05) is 241 Å². The number of unbranched alkanes of at least 4 members (excludes halogenated alkanes) is 26. The van der Waals surface area contributed by atoms with Crippen molar-refractivity contribution in [3.63, 3.8) is 0 Å². The van der Waals surface area contributed by atoms with Crippen molar-refractivity contribution in [1.82, 2.24) is 0 Å². The second-order valence-electron chi connectivity index (χ2n) is 17.2. The molecule has 1 atom stereocenters. The van der Waals surface area contributed by atoms with Gasteiger partial charge in [0.1, 0.15) is 13.2 Å². The molecular formula is C57H96O6. The van der Waals surface area contributed by atoms with E-state index in [4.69, 9.17) is 14.2 Å². The number of allylic oxidation sites excluding steroid dienone is 14. The molecule has 0 fully saturated rings. The van der Waals surface area contributed by atoms with Gasteiger partial charge in [0, 0.05) is 19.3 Å². The number of ether oxygens (including phenoxy) is 3. The molecule has 0 aromatic heterocycles. The molecule has 6 heteroatoms. The monoisotopic (exact) mass is 877 g/mol. The van der Waals surface area contributed by atoms with E-state index >= 15 is 0 Å². The van der Waals surface area contributed by atoms with Gasteiger partial charge >= 0.3 is 17.9 Å². The Balaban J connectivity index is 4.46. The second kappa shape index (κ2) is 51.2. The highest BCUT2D eigenvalue weighted by Crippen LogP contribution is 2.15. The lowest BCUT2D eigenvalue weighted by atomic mass is 10.0. The summed E-state index contributed by atoms with van der Waals surface area (Å²) < 4.78 is 16.8. The van der Waals surface area contributed by atoms with Crippen LogP contribution >= 0.6 is 0 Å². The maximum atomic E-state index is 12.8. The zero-order valence-corrected chi connectivity index (χ0v) is 41.1. The van der Waals surface area contributed by atoms with E-state index in [1.807, 2.05) is 36.5 Å². The third-order valence-corrected chi connectivity index (χ3v) is 11.0. The van der Waals surface area contributed by atoms with Crippen molar-refractivity contribution in [2.75, 3.05) is 13.2 Å². The average Bonchev–Trinajstić information content (AvgIpc) is 3.28. The summed E-state index contributed by atoms with van der Waals surface area (Å²) in [7, 11) is 0. The van der Waals surface area contributed by atoms with Crippen LogP contribution in [0.5, 0.6) is 0 Å². The Kier molecular flexibility index (Phi) is 48.5. The molecule has 0 radical (unpaired) electrons. The van der Waals surface area contributed by atoms with E-state index in [0.717, 1.165) is 96.3 Å². The molecule has 0 aliphatic carbocycles. The number of carbonyl (C=O) groups is 3. The van der Waals surface area contributed by atoms with Gasteiger partial charge in [0.05, 0.1) is 0 Å². The van der Waals surface area contributed by atoms with E-state index in [9.17, 15) is 14.4 Å². The first kappa shape index (κ1) is 59.6. The average molecular weight is 877 g/mol. The first-order valence-electron chi connectivity index (χ1n) is 26.2. The van der Waals surface area contributed by atoms with Crippen LogP contribution in [0.4, 0.5) is 0 Å². The molecule has 0 rings (SSSR count). The largest absolute Gasteiger partial charge is 0.462 e. The molecule has 0 heterocycles. The summed E-state index contributed by atoms with van der Waals surface area (Å²) in [5, 5.41) is 0. The maximum absolute atomic E-state index is 12.8. The van der Waals surface area contributed by atoms with Crippen LogP contribution in [-0.2, 0) is 28.6 Å². The van der Waals surface area contributed by atoms with Crippen LogP contribution in [0.25, 0.3) is 0 Å². The zero-order chi connectivity index (χ0) is 45.8. The quantitative estimate of drug-likeness (QED) is 0.0262. The molecule has 0 saturated carbocycles. The van der Waals surface area contributed by atoms with Crippen molar-refractivity contribution in [2.24, 2.45) is 0 Å². The molecule has 0 N–H and O–H groups in total. The van der Waals surface area contributed by atoms with Gasteiger partial charge in [-0.25, -0.2) is 0 Å². The van der Waals surface area contributed by atoms with Crippen LogP contribution in [0.1, 0.15) is 239 Å². The molecule has 0 spiro atoms. The highest BCUT2D eigenvalue weighted by molar-refractivity contribution is 5.71. The summed E-state index contributed by atoms with van der Waals surface area (Å²) in [5.74, 6) is -0.955. The summed E-state index contributed by atoms with van der Waals surface area (Å²) in [5.41, 5.74) is 0.